The molecule has 0 unspecified atom stereocenters. The summed E-state index contributed by atoms with van der Waals surface area (Å²) in [4.78, 5) is 13.3. The van der Waals surface area contributed by atoms with Crippen LogP contribution in [0, 0.1) is 0 Å². The molecule has 2 aromatic carbocycles. The van der Waals surface area contributed by atoms with Crippen molar-refractivity contribution in [1.29, 1.82) is 0 Å². The molecule has 0 spiro atoms. The van der Waals surface area contributed by atoms with E-state index in [0.717, 1.165) is 21.7 Å². The fraction of sp³-hybridized carbons (Fsp3) is 0.0833. The molecule has 0 saturated carbocycles. The van der Waals surface area contributed by atoms with Gasteiger partial charge in [-0.15, -0.1) is 11.3 Å². The highest BCUT2D eigenvalue weighted by Gasteiger charge is 2.12. The number of aromatic nitrogens is 2. The molecule has 4 rings (SSSR count). The van der Waals surface area contributed by atoms with Gasteiger partial charge in [-0.2, -0.15) is 5.10 Å². The van der Waals surface area contributed by atoms with E-state index in [1.807, 2.05) is 83.0 Å². The van der Waals surface area contributed by atoms with Gasteiger partial charge in [-0.25, -0.2) is 0 Å². The Morgan fingerprint density at radius 2 is 1.76 bits per heavy atom. The van der Waals surface area contributed by atoms with Crippen LogP contribution in [0.2, 0.25) is 0 Å². The number of thiophene rings is 1. The number of hydrogen-bond acceptors (Lipinski definition) is 3. The van der Waals surface area contributed by atoms with Crippen LogP contribution in [0.15, 0.2) is 90.4 Å². The number of nitrogens with one attached hydrogen (secondary N) is 1. The maximum absolute atomic E-state index is 12.2. The van der Waals surface area contributed by atoms with Gasteiger partial charge in [0.2, 0.25) is 5.91 Å². The van der Waals surface area contributed by atoms with E-state index in [1.165, 1.54) is 5.56 Å². The predicted octanol–water partition coefficient (Wildman–Crippen LogP) is 4.99. The maximum atomic E-state index is 12.2. The molecule has 1 N–H and O–H groups in total. The van der Waals surface area contributed by atoms with Crippen LogP contribution in [0.5, 0.6) is 0 Å². The molecule has 5 heteroatoms. The van der Waals surface area contributed by atoms with Gasteiger partial charge in [0.05, 0.1) is 12.2 Å². The zero-order valence-corrected chi connectivity index (χ0v) is 16.7. The van der Waals surface area contributed by atoms with Crippen LogP contribution < -0.4 is 5.32 Å². The Bertz CT molecular complexity index is 1080. The highest BCUT2D eigenvalue weighted by atomic mass is 32.1. The van der Waals surface area contributed by atoms with E-state index in [2.05, 4.69) is 17.4 Å². The third-order valence-electron chi connectivity index (χ3n) is 4.47. The predicted molar refractivity (Wildman–Crippen MR) is 118 cm³/mol. The van der Waals surface area contributed by atoms with Crippen LogP contribution in [-0.2, 0) is 17.9 Å². The summed E-state index contributed by atoms with van der Waals surface area (Å²) in [6.07, 6.45) is 5.41. The zero-order chi connectivity index (χ0) is 19.9. The average molecular weight is 400 g/mol. The summed E-state index contributed by atoms with van der Waals surface area (Å²) in [7, 11) is 0. The standard InChI is InChI=1S/C24H21N3OS/c28-23(14-13-22-12-7-15-29-22)25-16-21-18-27(17-19-8-3-1-4-9-19)26-24(21)20-10-5-2-6-11-20/h1-15,18H,16-17H2,(H,25,28)/b14-13+. The monoisotopic (exact) mass is 399 g/mol. The first kappa shape index (κ1) is 18.9. The summed E-state index contributed by atoms with van der Waals surface area (Å²) in [6, 6.07) is 24.2. The van der Waals surface area contributed by atoms with Crippen LogP contribution in [0.1, 0.15) is 16.0 Å². The van der Waals surface area contributed by atoms with E-state index in [1.54, 1.807) is 17.4 Å². The molecule has 0 radical (unpaired) electrons. The molecule has 29 heavy (non-hydrogen) atoms. The summed E-state index contributed by atoms with van der Waals surface area (Å²) in [5.74, 6) is -0.117. The Morgan fingerprint density at radius 3 is 2.48 bits per heavy atom. The van der Waals surface area contributed by atoms with Crippen LogP contribution in [0.4, 0.5) is 0 Å². The fourth-order valence-electron chi connectivity index (χ4n) is 3.07. The number of nitrogens with zero attached hydrogens (tertiary/aromatic N) is 2. The lowest BCUT2D eigenvalue weighted by Gasteiger charge is -2.03. The topological polar surface area (TPSA) is 46.9 Å². The lowest BCUT2D eigenvalue weighted by atomic mass is 10.1. The van der Waals surface area contributed by atoms with Crippen molar-refractivity contribution in [2.45, 2.75) is 13.1 Å². The Kier molecular flexibility index (Phi) is 5.98. The van der Waals surface area contributed by atoms with Crippen LogP contribution in [0.25, 0.3) is 17.3 Å². The van der Waals surface area contributed by atoms with Crippen molar-refractivity contribution in [2.24, 2.45) is 0 Å². The highest BCUT2D eigenvalue weighted by Crippen LogP contribution is 2.22. The molecular weight excluding hydrogens is 378 g/mol. The maximum Gasteiger partial charge on any atom is 0.244 e. The van der Waals surface area contributed by atoms with Crippen LogP contribution in [-0.4, -0.2) is 15.7 Å². The van der Waals surface area contributed by atoms with Gasteiger partial charge in [0.1, 0.15) is 0 Å². The van der Waals surface area contributed by atoms with Gasteiger partial charge in [-0.05, 0) is 23.1 Å². The normalized spacial score (nSPS) is 11.0. The van der Waals surface area contributed by atoms with E-state index in [0.29, 0.717) is 13.1 Å². The van der Waals surface area contributed by atoms with Gasteiger partial charge in [0, 0.05) is 34.8 Å². The van der Waals surface area contributed by atoms with Crippen LogP contribution in [0.3, 0.4) is 0 Å². The SMILES string of the molecule is O=C(/C=C/c1cccs1)NCc1cn(Cc2ccccc2)nc1-c1ccccc1. The molecule has 0 aliphatic heterocycles. The van der Waals surface area contributed by atoms with Crippen molar-refractivity contribution in [3.8, 4) is 11.3 Å². The first-order valence-electron chi connectivity index (χ1n) is 9.43. The molecule has 4 nitrogen and oxygen atoms in total. The molecule has 0 saturated heterocycles. The third kappa shape index (κ3) is 5.09. The van der Waals surface area contributed by atoms with Crippen molar-refractivity contribution < 1.29 is 4.79 Å². The molecule has 0 fully saturated rings. The van der Waals surface area contributed by atoms with Gasteiger partial charge >= 0.3 is 0 Å². The molecule has 0 aliphatic carbocycles. The Hall–Kier alpha value is -3.44. The summed E-state index contributed by atoms with van der Waals surface area (Å²) in [5, 5.41) is 9.75. The van der Waals surface area contributed by atoms with E-state index < -0.39 is 0 Å². The first-order chi connectivity index (χ1) is 14.3. The molecule has 144 valence electrons. The smallest absolute Gasteiger partial charge is 0.244 e. The van der Waals surface area contributed by atoms with Gasteiger partial charge in [-0.3, -0.25) is 9.48 Å². The minimum atomic E-state index is -0.117. The number of hydrogen-bond donors (Lipinski definition) is 1. The Balaban J connectivity index is 1.52. The quantitative estimate of drug-likeness (QED) is 0.445. The molecule has 4 aromatic rings. The third-order valence-corrected chi connectivity index (χ3v) is 5.30. The Labute approximate surface area is 174 Å². The van der Waals surface area contributed by atoms with Crippen molar-refractivity contribution in [2.75, 3.05) is 0 Å². The molecule has 1 amide bonds. The van der Waals surface area contributed by atoms with Crippen LogP contribution >= 0.6 is 11.3 Å². The second-order valence-electron chi connectivity index (χ2n) is 6.62. The van der Waals surface area contributed by atoms with E-state index >= 15 is 0 Å². The molecule has 2 aromatic heterocycles. The lowest BCUT2D eigenvalue weighted by Crippen LogP contribution is -2.20. The highest BCUT2D eigenvalue weighted by molar-refractivity contribution is 7.10. The largest absolute Gasteiger partial charge is 0.348 e. The van der Waals surface area contributed by atoms with E-state index in [9.17, 15) is 4.79 Å². The van der Waals surface area contributed by atoms with Gasteiger partial charge in [0.25, 0.3) is 0 Å². The average Bonchev–Trinajstić information content (AvgIpc) is 3.42. The number of carbonyl (C=O) groups excluding carboxylic acids is 1. The van der Waals surface area contributed by atoms with Gasteiger partial charge in [0.15, 0.2) is 0 Å². The van der Waals surface area contributed by atoms with E-state index in [4.69, 9.17) is 5.10 Å². The number of amides is 1. The van der Waals surface area contributed by atoms with Gasteiger partial charge in [-0.1, -0.05) is 66.7 Å². The second-order valence-corrected chi connectivity index (χ2v) is 7.60. The molecule has 2 heterocycles. The summed E-state index contributed by atoms with van der Waals surface area (Å²) >= 11 is 1.60. The number of rotatable bonds is 7. The lowest BCUT2D eigenvalue weighted by molar-refractivity contribution is -0.116. The van der Waals surface area contributed by atoms with Crippen molar-refractivity contribution in [1.82, 2.24) is 15.1 Å². The van der Waals surface area contributed by atoms with Crippen molar-refractivity contribution in [3.63, 3.8) is 0 Å². The second kappa shape index (κ2) is 9.17. The molecular formula is C24H21N3OS. The molecule has 0 aliphatic rings. The minimum Gasteiger partial charge on any atom is -0.348 e. The summed E-state index contributed by atoms with van der Waals surface area (Å²) in [6.45, 7) is 1.11. The minimum absolute atomic E-state index is 0.117. The van der Waals surface area contributed by atoms with Crippen molar-refractivity contribution >= 4 is 23.3 Å². The fourth-order valence-corrected chi connectivity index (χ4v) is 3.69. The number of benzene rings is 2. The number of carbonyl (C=O) groups is 1. The molecule has 0 atom stereocenters. The summed E-state index contributed by atoms with van der Waals surface area (Å²) < 4.78 is 1.93. The van der Waals surface area contributed by atoms with Crippen molar-refractivity contribution in [3.05, 3.63) is 106 Å². The summed E-state index contributed by atoms with van der Waals surface area (Å²) in [5.41, 5.74) is 4.11. The zero-order valence-electron chi connectivity index (χ0n) is 15.9. The molecule has 0 bridgehead atoms. The van der Waals surface area contributed by atoms with Gasteiger partial charge < -0.3 is 5.32 Å². The van der Waals surface area contributed by atoms with E-state index in [-0.39, 0.29) is 5.91 Å². The Morgan fingerprint density at radius 1 is 1.00 bits per heavy atom. The first-order valence-corrected chi connectivity index (χ1v) is 10.3.